The first-order chi connectivity index (χ1) is 7.76. The van der Waals surface area contributed by atoms with Crippen molar-refractivity contribution in [3.63, 3.8) is 0 Å². The Kier molecular flexibility index (Phi) is 6.61. The molecule has 17 heavy (non-hydrogen) atoms. The van der Waals surface area contributed by atoms with Crippen molar-refractivity contribution >= 4 is 12.5 Å². The fraction of sp³-hybridized carbons (Fsp3) is 0.833. The molecule has 1 saturated heterocycles. The van der Waals surface area contributed by atoms with E-state index in [2.05, 4.69) is 11.7 Å². The number of hydrogen-bond acceptors (Lipinski definition) is 3. The van der Waals surface area contributed by atoms with Crippen molar-refractivity contribution in [2.24, 2.45) is 11.7 Å². The second-order valence-electron chi connectivity index (χ2n) is 5.33. The van der Waals surface area contributed by atoms with Gasteiger partial charge in [0.2, 0.25) is 0 Å². The molecule has 0 atom stereocenters. The molecule has 0 aromatic carbocycles. The molecule has 0 radical (unpaired) electrons. The van der Waals surface area contributed by atoms with E-state index in [1.54, 1.807) is 4.90 Å². The minimum atomic E-state index is -0.318. The summed E-state index contributed by atoms with van der Waals surface area (Å²) in [6, 6.07) is -0.271. The maximum Gasteiger partial charge on any atom is 0.314 e. The van der Waals surface area contributed by atoms with E-state index in [1.165, 1.54) is 0 Å². The number of urea groups is 1. The minimum Gasteiger partial charge on any atom is -0.462 e. The molecular weight excluding hydrogens is 220 g/mol. The summed E-state index contributed by atoms with van der Waals surface area (Å²) in [5.41, 5.74) is 4.78. The summed E-state index contributed by atoms with van der Waals surface area (Å²) >= 11 is 0. The highest BCUT2D eigenvalue weighted by Gasteiger charge is 2.17. The van der Waals surface area contributed by atoms with Crippen molar-refractivity contribution in [1.29, 1.82) is 0 Å². The van der Waals surface area contributed by atoms with Gasteiger partial charge in [0.15, 0.2) is 0 Å². The van der Waals surface area contributed by atoms with Crippen LogP contribution in [0.15, 0.2) is 0 Å². The first-order valence-corrected chi connectivity index (χ1v) is 5.92. The highest BCUT2D eigenvalue weighted by Crippen LogP contribution is 2.14. The molecule has 0 saturated carbocycles. The maximum absolute atomic E-state index is 10.6. The number of piperidine rings is 1. The molecule has 100 valence electrons. The van der Waals surface area contributed by atoms with Gasteiger partial charge in [-0.15, -0.1) is 0 Å². The molecule has 0 unspecified atom stereocenters. The highest BCUT2D eigenvalue weighted by atomic mass is 16.5. The monoisotopic (exact) mass is 244 g/mol. The molecule has 1 heterocycles. The number of carbonyl (C=O) groups excluding carboxylic acids is 2. The topological polar surface area (TPSA) is 72.6 Å². The predicted molar refractivity (Wildman–Crippen MR) is 66.5 cm³/mol. The summed E-state index contributed by atoms with van der Waals surface area (Å²) < 4.78 is 4.55. The van der Waals surface area contributed by atoms with E-state index in [4.69, 9.17) is 5.73 Å². The van der Waals surface area contributed by atoms with E-state index >= 15 is 0 Å². The van der Waals surface area contributed by atoms with Crippen LogP contribution in [-0.4, -0.2) is 36.1 Å². The van der Waals surface area contributed by atoms with Crippen LogP contribution in [0.2, 0.25) is 0 Å². The molecule has 2 amide bonds. The molecule has 5 nitrogen and oxygen atoms in total. The fourth-order valence-corrected chi connectivity index (χ4v) is 1.37. The van der Waals surface area contributed by atoms with Crippen LogP contribution in [0.25, 0.3) is 0 Å². The Morgan fingerprint density at radius 2 is 1.82 bits per heavy atom. The lowest BCUT2D eigenvalue weighted by atomic mass is 10.00. The van der Waals surface area contributed by atoms with Crippen molar-refractivity contribution in [2.75, 3.05) is 13.1 Å². The van der Waals surface area contributed by atoms with Gasteiger partial charge in [0.05, 0.1) is 0 Å². The number of nitrogens with two attached hydrogens (primary N) is 1. The number of primary amides is 1. The van der Waals surface area contributed by atoms with Crippen LogP contribution in [0.5, 0.6) is 0 Å². The lowest BCUT2D eigenvalue weighted by Crippen LogP contribution is -2.41. The quantitative estimate of drug-likeness (QED) is 0.714. The van der Waals surface area contributed by atoms with E-state index in [0.717, 1.165) is 31.8 Å². The summed E-state index contributed by atoms with van der Waals surface area (Å²) in [7, 11) is 0. The molecule has 1 aliphatic heterocycles. The van der Waals surface area contributed by atoms with E-state index in [-0.39, 0.29) is 11.6 Å². The van der Waals surface area contributed by atoms with E-state index < -0.39 is 0 Å². The number of rotatable bonds is 1. The molecule has 0 aliphatic carbocycles. The van der Waals surface area contributed by atoms with Crippen LogP contribution >= 0.6 is 0 Å². The van der Waals surface area contributed by atoms with Gasteiger partial charge in [-0.2, -0.15) is 0 Å². The summed E-state index contributed by atoms with van der Waals surface area (Å²) in [5, 5.41) is 0. The third-order valence-electron chi connectivity index (χ3n) is 2.50. The van der Waals surface area contributed by atoms with E-state index in [0.29, 0.717) is 6.47 Å². The number of amides is 2. The first-order valence-electron chi connectivity index (χ1n) is 5.92. The van der Waals surface area contributed by atoms with Crippen LogP contribution in [0.4, 0.5) is 4.79 Å². The van der Waals surface area contributed by atoms with Gasteiger partial charge in [-0.05, 0) is 39.5 Å². The normalized spacial score (nSPS) is 16.8. The van der Waals surface area contributed by atoms with Crippen LogP contribution in [0, 0.1) is 5.92 Å². The smallest absolute Gasteiger partial charge is 0.314 e. The van der Waals surface area contributed by atoms with Crippen molar-refractivity contribution < 1.29 is 14.3 Å². The molecule has 1 fully saturated rings. The Morgan fingerprint density at radius 3 is 2.06 bits per heavy atom. The van der Waals surface area contributed by atoms with Crippen molar-refractivity contribution in [3.05, 3.63) is 0 Å². The van der Waals surface area contributed by atoms with E-state index in [1.807, 2.05) is 20.8 Å². The standard InChI is InChI=1S/C7H14N2O.C5H10O2/c1-6-2-4-9(5-3-6)7(8)10;1-5(2,3)7-4-6/h6H,2-5H2,1H3,(H2,8,10);4H,1-3H3. The number of likely N-dealkylation sites (tertiary alicyclic amines) is 1. The zero-order valence-corrected chi connectivity index (χ0v) is 11.2. The SMILES string of the molecule is CC(C)(C)OC=O.CC1CCN(C(N)=O)CC1. The average molecular weight is 244 g/mol. The largest absolute Gasteiger partial charge is 0.462 e. The minimum absolute atomic E-state index is 0.271. The van der Waals surface area contributed by atoms with Gasteiger partial charge in [0.1, 0.15) is 5.60 Å². The van der Waals surface area contributed by atoms with Crippen molar-refractivity contribution in [3.8, 4) is 0 Å². The third kappa shape index (κ3) is 8.54. The number of hydrogen-bond donors (Lipinski definition) is 1. The number of nitrogens with zero attached hydrogens (tertiary/aromatic N) is 1. The molecule has 5 heteroatoms. The van der Waals surface area contributed by atoms with Crippen LogP contribution in [0.3, 0.4) is 0 Å². The van der Waals surface area contributed by atoms with E-state index in [9.17, 15) is 9.59 Å². The molecule has 0 aromatic heterocycles. The molecule has 2 N–H and O–H groups in total. The Balaban J connectivity index is 0.000000325. The van der Waals surface area contributed by atoms with Crippen molar-refractivity contribution in [1.82, 2.24) is 4.90 Å². The van der Waals surface area contributed by atoms with Crippen LogP contribution in [-0.2, 0) is 9.53 Å². The van der Waals surface area contributed by atoms with Crippen LogP contribution in [0.1, 0.15) is 40.5 Å². The zero-order valence-electron chi connectivity index (χ0n) is 11.2. The molecule has 0 bridgehead atoms. The summed E-state index contributed by atoms with van der Waals surface area (Å²) in [4.78, 5) is 21.9. The van der Waals surface area contributed by atoms with Gasteiger partial charge in [-0.1, -0.05) is 6.92 Å². The third-order valence-corrected chi connectivity index (χ3v) is 2.50. The molecule has 0 spiro atoms. The molecule has 1 rings (SSSR count). The second-order valence-corrected chi connectivity index (χ2v) is 5.33. The van der Waals surface area contributed by atoms with Gasteiger partial charge in [-0.25, -0.2) is 4.79 Å². The second kappa shape index (κ2) is 7.14. The summed E-state index contributed by atoms with van der Waals surface area (Å²) in [5.74, 6) is 0.760. The lowest BCUT2D eigenvalue weighted by molar-refractivity contribution is -0.138. The Morgan fingerprint density at radius 1 is 1.35 bits per heavy atom. The first kappa shape index (κ1) is 15.7. The van der Waals surface area contributed by atoms with Gasteiger partial charge >= 0.3 is 6.03 Å². The van der Waals surface area contributed by atoms with Gasteiger partial charge in [0.25, 0.3) is 6.47 Å². The summed E-state index contributed by atoms with van der Waals surface area (Å²) in [6.07, 6.45) is 2.20. The highest BCUT2D eigenvalue weighted by molar-refractivity contribution is 5.72. The number of ether oxygens (including phenoxy) is 1. The van der Waals surface area contributed by atoms with Gasteiger partial charge in [0, 0.05) is 13.1 Å². The maximum atomic E-state index is 10.6. The Labute approximate surface area is 103 Å². The molecule has 1 aliphatic rings. The average Bonchev–Trinajstić information content (AvgIpc) is 2.17. The Bertz CT molecular complexity index is 241. The number of carbonyl (C=O) groups is 2. The predicted octanol–water partition coefficient (Wildman–Crippen LogP) is 1.75. The van der Waals surface area contributed by atoms with Gasteiger partial charge in [-0.3, -0.25) is 4.79 Å². The Hall–Kier alpha value is -1.26. The zero-order chi connectivity index (χ0) is 13.5. The molecular formula is C12H24N2O3. The molecule has 0 aromatic rings. The lowest BCUT2D eigenvalue weighted by Gasteiger charge is -2.28. The van der Waals surface area contributed by atoms with Gasteiger partial charge < -0.3 is 15.4 Å². The summed E-state index contributed by atoms with van der Waals surface area (Å²) in [6.45, 7) is 9.82. The fourth-order valence-electron chi connectivity index (χ4n) is 1.37. The van der Waals surface area contributed by atoms with Crippen LogP contribution < -0.4 is 5.73 Å². The van der Waals surface area contributed by atoms with Crippen molar-refractivity contribution in [2.45, 2.75) is 46.1 Å².